The second kappa shape index (κ2) is 40.2. The van der Waals surface area contributed by atoms with Crippen molar-refractivity contribution < 1.29 is 94.6 Å². The molecule has 6 atom stereocenters. The van der Waals surface area contributed by atoms with Gasteiger partial charge in [0.05, 0.1) is 45.2 Å². The van der Waals surface area contributed by atoms with Crippen molar-refractivity contribution in [1.29, 1.82) is 0 Å². The lowest BCUT2D eigenvalue weighted by Gasteiger charge is -2.22. The fourth-order valence-corrected chi connectivity index (χ4v) is 11.4. The van der Waals surface area contributed by atoms with E-state index in [1.807, 2.05) is 0 Å². The minimum Gasteiger partial charge on any atom is -0.366 e. The molecule has 11 aromatic rings. The monoisotopic (exact) mass is 1650 g/mol. The van der Waals surface area contributed by atoms with Crippen molar-refractivity contribution in [2.45, 2.75) is 99.9 Å². The van der Waals surface area contributed by atoms with Crippen molar-refractivity contribution in [3.05, 3.63) is 303 Å². The summed E-state index contributed by atoms with van der Waals surface area (Å²) in [6.07, 6.45) is -2.57. The number of nitrogens with zero attached hydrogens (tertiary/aromatic N) is 6. The molecule has 9 N–H and O–H groups in total. The largest absolute Gasteiger partial charge is 0.435 e. The number of Topliss-reactive ketones (excluding diaryl/α,β-unsaturated/α-hetero) is 2. The first-order valence-electron chi connectivity index (χ1n) is 33.5. The number of primary amides is 3. The van der Waals surface area contributed by atoms with Crippen LogP contribution in [0.25, 0.3) is 33.4 Å². The first-order chi connectivity index (χ1) is 53.6. The predicted octanol–water partition coefficient (Wildman–Crippen LogP) is 17.5. The molecule has 0 saturated heterocycles. The van der Waals surface area contributed by atoms with Crippen LogP contribution in [0.15, 0.2) is 189 Å². The third kappa shape index (κ3) is 25.7. The Morgan fingerprint density at radius 2 is 0.798 bits per heavy atom. The van der Waals surface area contributed by atoms with Crippen LogP contribution in [0.3, 0.4) is 0 Å². The van der Waals surface area contributed by atoms with Crippen molar-refractivity contribution in [2.75, 3.05) is 0 Å². The summed E-state index contributed by atoms with van der Waals surface area (Å²) in [6.45, 7) is 4.45. The summed E-state index contributed by atoms with van der Waals surface area (Å²) in [7, 11) is 0. The van der Waals surface area contributed by atoms with Crippen LogP contribution < -0.4 is 22.9 Å². The van der Waals surface area contributed by atoms with E-state index >= 15 is 0 Å². The van der Waals surface area contributed by atoms with Crippen molar-refractivity contribution in [3.63, 3.8) is 0 Å². The summed E-state index contributed by atoms with van der Waals surface area (Å²) in [6, 6.07) is 30.5. The number of ketones is 2. The number of hydrogen-bond acceptors (Lipinski definition) is 12. The zero-order chi connectivity index (χ0) is 84.2. The number of carbonyl (C=O) groups is 6. The van der Waals surface area contributed by atoms with Crippen LogP contribution in [0.5, 0.6) is 0 Å². The predicted molar refractivity (Wildman–Crippen MR) is 393 cm³/mol. The van der Waals surface area contributed by atoms with Crippen LogP contribution in [0.1, 0.15) is 134 Å². The number of rotatable bonds is 23. The molecule has 0 saturated carbocycles. The topological polar surface area (TPSA) is 292 Å². The standard InChI is InChI=1S/C28H22F6N4O2.C24H20ClF3N2O2.C20H16F3N3O.C4H3F3N2.C3H4Cl2O/c1-15(38-8-6-25(37-38)28(32,33)34)24(39)13-18(9-16-10-19(29)14-20(30)11-16)26-21(3-2-7-36-26)17-4-5-23(31)22(12-17)27(35)40;1-13(25)22(31)11-16(7-14-8-17(26)12-18(27)9-14)23-19(3-2-6-30-23)15-4-5-21(28)20(10-15)24(29)32;21-13-6-11(7-14(22)10-13)8-18(24)19-15(2-1-5-26-19)12-3-4-17(23)16(9-12)20(25)27;5-4(6,7)3-1-2-8-9-3;1-2(4)3(5)6/h2-8,10-12,14-15,18H,9,13H2,1H3,(H2,35,40);2-6,8-10,12-13,16H,7,11H2,1H3,(H2,29,32);1-7,9-10,18H,8,24H2,(H2,25,27);1-2H,(H,8,9);2H,1H3/t15?,18-;13?,16-;18-;;/m110../s1. The normalized spacial score (nSPS) is 12.8. The molecule has 6 aromatic carbocycles. The van der Waals surface area contributed by atoms with Crippen molar-refractivity contribution in [2.24, 2.45) is 22.9 Å². The SMILES string of the molecule is CC(C(=O)C[C@@H](Cc1cc(F)cc(F)c1)c1ncccc1-c1ccc(F)c(C(N)=O)c1)n1ccc(C(F)(F)F)n1.CC(Cl)C(=O)C[C@@H](Cc1cc(F)cc(F)c1)c1ncccc1-c1ccc(F)c(C(N)=O)c1.CC(Cl)C(=O)Cl.FC(F)(F)c1ccn[nH]1.NC(=O)c1cc(-c2cccnc2[C@@H](N)Cc2cc(F)cc(F)c2)ccc1F. The van der Waals surface area contributed by atoms with Gasteiger partial charge in [-0.1, -0.05) is 36.4 Å². The molecule has 17 nitrogen and oxygen atoms in total. The number of alkyl halides is 8. The summed E-state index contributed by atoms with van der Waals surface area (Å²) in [5.41, 5.74) is 24.0. The van der Waals surface area contributed by atoms with Gasteiger partial charge in [0.2, 0.25) is 5.24 Å². The quantitative estimate of drug-likeness (QED) is 0.0227. The average molecular weight is 1660 g/mol. The van der Waals surface area contributed by atoms with Crippen molar-refractivity contribution in [3.8, 4) is 33.4 Å². The lowest BCUT2D eigenvalue weighted by molar-refractivity contribution is -0.142. The Morgan fingerprint density at radius 3 is 1.11 bits per heavy atom. The maximum Gasteiger partial charge on any atom is 0.435 e. The maximum atomic E-state index is 14.1. The minimum atomic E-state index is -4.69. The molecular formula is C79H65Cl3F15N11O6. The van der Waals surface area contributed by atoms with Gasteiger partial charge in [0, 0.05) is 90.6 Å². The number of carbonyl (C=O) groups excluding carboxylic acids is 6. The van der Waals surface area contributed by atoms with Crippen LogP contribution in [0.2, 0.25) is 0 Å². The third-order valence-electron chi connectivity index (χ3n) is 16.7. The molecular weight excluding hydrogens is 1590 g/mol. The molecule has 0 spiro atoms. The highest BCUT2D eigenvalue weighted by atomic mass is 35.5. The molecule has 598 valence electrons. The highest BCUT2D eigenvalue weighted by Crippen LogP contribution is 2.38. The number of nitrogens with one attached hydrogen (secondary N) is 1. The van der Waals surface area contributed by atoms with Gasteiger partial charge in [-0.3, -0.25) is 53.5 Å². The Labute approximate surface area is 654 Å². The second-order valence-corrected chi connectivity index (χ2v) is 26.8. The van der Waals surface area contributed by atoms with Crippen LogP contribution in [0, 0.1) is 52.4 Å². The van der Waals surface area contributed by atoms with Gasteiger partial charge in [-0.15, -0.1) is 23.2 Å². The molecule has 0 aliphatic heterocycles. The second-order valence-electron chi connectivity index (χ2n) is 25.1. The van der Waals surface area contributed by atoms with Crippen LogP contribution in [-0.4, -0.2) is 80.2 Å². The van der Waals surface area contributed by atoms with E-state index in [4.69, 9.17) is 57.7 Å². The Kier molecular flexibility index (Phi) is 31.6. The molecule has 0 bridgehead atoms. The van der Waals surface area contributed by atoms with Crippen molar-refractivity contribution in [1.82, 2.24) is 34.9 Å². The minimum absolute atomic E-state index is 0.0311. The number of aromatic nitrogens is 7. The summed E-state index contributed by atoms with van der Waals surface area (Å²) < 4.78 is 199. The van der Waals surface area contributed by atoms with Gasteiger partial charge < -0.3 is 22.9 Å². The lowest BCUT2D eigenvalue weighted by atomic mass is 9.85. The zero-order valence-electron chi connectivity index (χ0n) is 59.6. The van der Waals surface area contributed by atoms with E-state index in [1.165, 1.54) is 93.1 Å². The molecule has 3 unspecified atom stereocenters. The number of pyridine rings is 3. The molecule has 0 fully saturated rings. The molecule has 35 heteroatoms. The van der Waals surface area contributed by atoms with Crippen LogP contribution in [0.4, 0.5) is 65.9 Å². The molecule has 3 amide bonds. The molecule has 5 heterocycles. The Morgan fingerprint density at radius 1 is 0.447 bits per heavy atom. The summed E-state index contributed by atoms with van der Waals surface area (Å²) in [5, 5.41) is 6.60. The van der Waals surface area contributed by atoms with Crippen LogP contribution in [-0.2, 0) is 46.0 Å². The van der Waals surface area contributed by atoms with Crippen LogP contribution >= 0.6 is 34.8 Å². The number of benzene rings is 6. The summed E-state index contributed by atoms with van der Waals surface area (Å²) in [4.78, 5) is 83.3. The van der Waals surface area contributed by atoms with Gasteiger partial charge >= 0.3 is 12.4 Å². The van der Waals surface area contributed by atoms with E-state index in [9.17, 15) is 94.6 Å². The van der Waals surface area contributed by atoms with Gasteiger partial charge in [-0.25, -0.2) is 39.5 Å². The van der Waals surface area contributed by atoms with Gasteiger partial charge in [0.25, 0.3) is 17.7 Å². The molecule has 114 heavy (non-hydrogen) atoms. The maximum absolute atomic E-state index is 14.1. The van der Waals surface area contributed by atoms with E-state index in [-0.39, 0.29) is 65.8 Å². The van der Waals surface area contributed by atoms with E-state index in [0.29, 0.717) is 62.0 Å². The highest BCUT2D eigenvalue weighted by molar-refractivity contribution is 6.69. The molecule has 5 aromatic heterocycles. The van der Waals surface area contributed by atoms with E-state index < -0.39 is 140 Å². The first-order valence-corrected chi connectivity index (χ1v) is 34.8. The first kappa shape index (κ1) is 89.6. The third-order valence-corrected chi connectivity index (χ3v) is 17.6. The summed E-state index contributed by atoms with van der Waals surface area (Å²) in [5.74, 6) is -11.9. The zero-order valence-corrected chi connectivity index (χ0v) is 61.9. The number of hydrogen-bond donors (Lipinski definition) is 5. The van der Waals surface area contributed by atoms with E-state index in [0.717, 1.165) is 71.7 Å². The average Bonchev–Trinajstić information content (AvgIpc) is 0.990. The Bertz CT molecular complexity index is 5190. The number of amides is 3. The highest BCUT2D eigenvalue weighted by Gasteiger charge is 2.36. The fraction of sp³-hybridized carbons (Fsp3) is 0.203. The lowest BCUT2D eigenvalue weighted by Crippen LogP contribution is -2.22. The molecule has 11 rings (SSSR count). The van der Waals surface area contributed by atoms with Gasteiger partial charge in [-0.2, -0.15) is 36.5 Å². The van der Waals surface area contributed by atoms with Gasteiger partial charge in [0.1, 0.15) is 69.5 Å². The molecule has 0 aliphatic rings. The van der Waals surface area contributed by atoms with E-state index in [1.54, 1.807) is 48.4 Å². The number of H-pyrrole nitrogens is 1. The van der Waals surface area contributed by atoms with Crippen molar-refractivity contribution >= 4 is 69.3 Å². The molecule has 0 aliphatic carbocycles. The number of aromatic amines is 1. The Balaban J connectivity index is 0.000000219. The van der Waals surface area contributed by atoms with E-state index in [2.05, 4.69) is 25.1 Å². The molecule has 0 radical (unpaired) electrons. The Hall–Kier alpha value is -11.6. The smallest absolute Gasteiger partial charge is 0.366 e. The van der Waals surface area contributed by atoms with Gasteiger partial charge in [0.15, 0.2) is 17.3 Å². The van der Waals surface area contributed by atoms with Gasteiger partial charge in [-0.05, 0) is 188 Å². The number of halogens is 18. The fourth-order valence-electron chi connectivity index (χ4n) is 11.3. The summed E-state index contributed by atoms with van der Waals surface area (Å²) >= 11 is 15.9. The number of nitrogens with two attached hydrogens (primary N) is 4.